The highest BCUT2D eigenvalue weighted by Gasteiger charge is 2.12. The molecule has 3 rings (SSSR count). The Hall–Kier alpha value is -3.02. The van der Waals surface area contributed by atoms with Crippen LogP contribution < -0.4 is 0 Å². The van der Waals surface area contributed by atoms with Crippen LogP contribution in [0.15, 0.2) is 46.9 Å². The van der Waals surface area contributed by atoms with E-state index in [2.05, 4.69) is 10.2 Å². The van der Waals surface area contributed by atoms with Crippen molar-refractivity contribution in [2.45, 2.75) is 0 Å². The van der Waals surface area contributed by atoms with Crippen molar-refractivity contribution in [3.63, 3.8) is 0 Å². The molecular formula is C15H9FN2O3. The summed E-state index contributed by atoms with van der Waals surface area (Å²) < 4.78 is 19.1. The standard InChI is InChI=1S/C15H9FN2O3/c16-12-6-5-11(9-3-1-2-4-10(9)12)15-18-17-13(21-15)7-8-14(19)20/h1-8H,(H,19,20)/b8-7+. The van der Waals surface area contributed by atoms with E-state index >= 15 is 0 Å². The summed E-state index contributed by atoms with van der Waals surface area (Å²) in [6, 6.07) is 9.82. The number of carboxylic acid groups (broad SMARTS) is 1. The second-order valence-electron chi connectivity index (χ2n) is 4.26. The van der Waals surface area contributed by atoms with Crippen LogP contribution in [0.5, 0.6) is 0 Å². The van der Waals surface area contributed by atoms with Gasteiger partial charge in [0.15, 0.2) is 0 Å². The van der Waals surface area contributed by atoms with Gasteiger partial charge in [0.05, 0.1) is 0 Å². The molecule has 0 spiro atoms. The average Bonchev–Trinajstić information content (AvgIpc) is 2.94. The molecule has 0 fully saturated rings. The summed E-state index contributed by atoms with van der Waals surface area (Å²) in [5, 5.41) is 17.2. The second-order valence-corrected chi connectivity index (χ2v) is 4.26. The molecule has 5 nitrogen and oxygen atoms in total. The van der Waals surface area contributed by atoms with Crippen LogP contribution in [-0.4, -0.2) is 21.3 Å². The van der Waals surface area contributed by atoms with Crippen LogP contribution in [0.4, 0.5) is 4.39 Å². The summed E-state index contributed by atoms with van der Waals surface area (Å²) in [5.41, 5.74) is 0.592. The van der Waals surface area contributed by atoms with E-state index in [-0.39, 0.29) is 17.6 Å². The largest absolute Gasteiger partial charge is 0.478 e. The normalized spacial score (nSPS) is 11.3. The van der Waals surface area contributed by atoms with Crippen molar-refractivity contribution in [2.24, 2.45) is 0 Å². The summed E-state index contributed by atoms with van der Waals surface area (Å²) in [4.78, 5) is 10.4. The van der Waals surface area contributed by atoms with Gasteiger partial charge in [-0.2, -0.15) is 0 Å². The van der Waals surface area contributed by atoms with E-state index in [1.54, 1.807) is 30.3 Å². The molecule has 0 saturated heterocycles. The van der Waals surface area contributed by atoms with Crippen LogP contribution in [0.3, 0.4) is 0 Å². The molecule has 21 heavy (non-hydrogen) atoms. The van der Waals surface area contributed by atoms with Crippen molar-refractivity contribution in [3.05, 3.63) is 54.2 Å². The first-order chi connectivity index (χ1) is 10.1. The fraction of sp³-hybridized carbons (Fsp3) is 0. The molecule has 2 aromatic carbocycles. The van der Waals surface area contributed by atoms with E-state index in [1.807, 2.05) is 0 Å². The van der Waals surface area contributed by atoms with E-state index in [0.717, 1.165) is 6.08 Å². The highest BCUT2D eigenvalue weighted by molar-refractivity contribution is 5.95. The Bertz CT molecular complexity index is 855. The second kappa shape index (κ2) is 5.16. The van der Waals surface area contributed by atoms with Gasteiger partial charge in [0.1, 0.15) is 5.82 Å². The molecule has 0 radical (unpaired) electrons. The molecule has 104 valence electrons. The van der Waals surface area contributed by atoms with Gasteiger partial charge in [-0.1, -0.05) is 24.3 Å². The molecule has 0 saturated carbocycles. The molecule has 0 unspecified atom stereocenters. The summed E-state index contributed by atoms with van der Waals surface area (Å²) in [5.74, 6) is -1.17. The van der Waals surface area contributed by atoms with Crippen molar-refractivity contribution >= 4 is 22.8 Å². The minimum absolute atomic E-state index is 0.0702. The van der Waals surface area contributed by atoms with Crippen molar-refractivity contribution in [1.29, 1.82) is 0 Å². The Morgan fingerprint density at radius 3 is 2.67 bits per heavy atom. The van der Waals surface area contributed by atoms with Crippen molar-refractivity contribution < 1.29 is 18.7 Å². The van der Waals surface area contributed by atoms with E-state index < -0.39 is 5.97 Å². The number of fused-ring (bicyclic) bond motifs is 1. The Morgan fingerprint density at radius 1 is 1.14 bits per heavy atom. The topological polar surface area (TPSA) is 76.2 Å². The fourth-order valence-corrected chi connectivity index (χ4v) is 2.00. The van der Waals surface area contributed by atoms with Gasteiger partial charge in [0.25, 0.3) is 0 Å². The van der Waals surface area contributed by atoms with Crippen LogP contribution >= 0.6 is 0 Å². The molecule has 1 aromatic heterocycles. The summed E-state index contributed by atoms with van der Waals surface area (Å²) in [7, 11) is 0. The first kappa shape index (κ1) is 13.0. The lowest BCUT2D eigenvalue weighted by Gasteiger charge is -2.03. The number of nitrogens with zero attached hydrogens (tertiary/aromatic N) is 2. The molecule has 1 heterocycles. The number of hydrogen-bond donors (Lipinski definition) is 1. The predicted octanol–water partition coefficient (Wildman–Crippen LogP) is 3.13. The van der Waals surface area contributed by atoms with Gasteiger partial charge < -0.3 is 9.52 Å². The smallest absolute Gasteiger partial charge is 0.328 e. The summed E-state index contributed by atoms with van der Waals surface area (Å²) in [6.45, 7) is 0. The minimum atomic E-state index is -1.11. The number of aromatic nitrogens is 2. The lowest BCUT2D eigenvalue weighted by atomic mass is 10.0. The molecular weight excluding hydrogens is 275 g/mol. The van der Waals surface area contributed by atoms with Gasteiger partial charge in [0, 0.05) is 23.1 Å². The van der Waals surface area contributed by atoms with Crippen LogP contribution in [0.1, 0.15) is 5.89 Å². The SMILES string of the molecule is O=C(O)/C=C/c1nnc(-c2ccc(F)c3ccccc23)o1. The molecule has 0 bridgehead atoms. The molecule has 0 atom stereocenters. The molecule has 0 aliphatic heterocycles. The number of carbonyl (C=O) groups is 1. The van der Waals surface area contributed by atoms with Crippen LogP contribution in [0.2, 0.25) is 0 Å². The zero-order chi connectivity index (χ0) is 14.8. The maximum atomic E-state index is 13.8. The van der Waals surface area contributed by atoms with Crippen molar-refractivity contribution in [1.82, 2.24) is 10.2 Å². The molecule has 6 heteroatoms. The third-order valence-electron chi connectivity index (χ3n) is 2.91. The van der Waals surface area contributed by atoms with Gasteiger partial charge in [0.2, 0.25) is 11.8 Å². The Labute approximate surface area is 118 Å². The number of halogens is 1. The molecule has 0 aliphatic rings. The average molecular weight is 284 g/mol. The quantitative estimate of drug-likeness (QED) is 0.748. The van der Waals surface area contributed by atoms with Gasteiger partial charge in [-0.15, -0.1) is 10.2 Å². The first-order valence-corrected chi connectivity index (χ1v) is 6.07. The van der Waals surface area contributed by atoms with Crippen molar-refractivity contribution in [3.8, 4) is 11.5 Å². The predicted molar refractivity (Wildman–Crippen MR) is 73.9 cm³/mol. The minimum Gasteiger partial charge on any atom is -0.478 e. The maximum Gasteiger partial charge on any atom is 0.328 e. The number of aliphatic carboxylic acids is 1. The van der Waals surface area contributed by atoms with E-state index in [1.165, 1.54) is 12.1 Å². The molecule has 1 N–H and O–H groups in total. The molecule has 0 amide bonds. The fourth-order valence-electron chi connectivity index (χ4n) is 2.00. The third-order valence-corrected chi connectivity index (χ3v) is 2.91. The van der Waals surface area contributed by atoms with Crippen LogP contribution in [-0.2, 0) is 4.79 Å². The Balaban J connectivity index is 2.09. The number of benzene rings is 2. The maximum absolute atomic E-state index is 13.8. The highest BCUT2D eigenvalue weighted by atomic mass is 19.1. The van der Waals surface area contributed by atoms with Gasteiger partial charge in [-0.05, 0) is 17.5 Å². The number of rotatable bonds is 3. The van der Waals surface area contributed by atoms with E-state index in [0.29, 0.717) is 16.3 Å². The van der Waals surface area contributed by atoms with Crippen molar-refractivity contribution in [2.75, 3.05) is 0 Å². The van der Waals surface area contributed by atoms with Crippen LogP contribution in [0, 0.1) is 5.82 Å². The van der Waals surface area contributed by atoms with E-state index in [9.17, 15) is 9.18 Å². The van der Waals surface area contributed by atoms with Gasteiger partial charge in [-0.3, -0.25) is 0 Å². The molecule has 3 aromatic rings. The summed E-state index contributed by atoms with van der Waals surface area (Å²) >= 11 is 0. The lowest BCUT2D eigenvalue weighted by molar-refractivity contribution is -0.131. The lowest BCUT2D eigenvalue weighted by Crippen LogP contribution is -1.85. The zero-order valence-corrected chi connectivity index (χ0v) is 10.7. The summed E-state index contributed by atoms with van der Waals surface area (Å²) in [6.07, 6.45) is 2.10. The van der Waals surface area contributed by atoms with Crippen LogP contribution in [0.25, 0.3) is 28.3 Å². The van der Waals surface area contributed by atoms with Gasteiger partial charge in [-0.25, -0.2) is 9.18 Å². The highest BCUT2D eigenvalue weighted by Crippen LogP contribution is 2.29. The zero-order valence-electron chi connectivity index (χ0n) is 10.7. The van der Waals surface area contributed by atoms with E-state index in [4.69, 9.17) is 9.52 Å². The monoisotopic (exact) mass is 284 g/mol. The Kier molecular flexibility index (Phi) is 3.19. The molecule has 0 aliphatic carbocycles. The number of carboxylic acids is 1. The first-order valence-electron chi connectivity index (χ1n) is 6.07. The Morgan fingerprint density at radius 2 is 1.90 bits per heavy atom. The third kappa shape index (κ3) is 2.51. The van der Waals surface area contributed by atoms with Gasteiger partial charge >= 0.3 is 5.97 Å². The number of hydrogen-bond acceptors (Lipinski definition) is 4.